The van der Waals surface area contributed by atoms with Gasteiger partial charge in [-0.25, -0.2) is 0 Å². The molecule has 0 aliphatic carbocycles. The van der Waals surface area contributed by atoms with Crippen LogP contribution in [0.25, 0.3) is 0 Å². The Hall–Kier alpha value is -2.37. The number of rotatable bonds is 4. The van der Waals surface area contributed by atoms with Gasteiger partial charge >= 0.3 is 0 Å². The maximum atomic E-state index is 13.0. The van der Waals surface area contributed by atoms with E-state index in [0.29, 0.717) is 18.0 Å². The summed E-state index contributed by atoms with van der Waals surface area (Å²) in [4.78, 5) is 30.5. The first kappa shape index (κ1) is 19.0. The number of halogens is 1. The molecule has 2 aliphatic rings. The van der Waals surface area contributed by atoms with E-state index >= 15 is 0 Å². The Balaban J connectivity index is 1.32. The van der Waals surface area contributed by atoms with E-state index in [4.69, 9.17) is 11.6 Å². The lowest BCUT2D eigenvalue weighted by molar-refractivity contribution is -0.917. The summed E-state index contributed by atoms with van der Waals surface area (Å²) in [5.74, 6) is -0.128. The van der Waals surface area contributed by atoms with Gasteiger partial charge in [-0.2, -0.15) is 0 Å². The first-order valence-electron chi connectivity index (χ1n) is 9.82. The van der Waals surface area contributed by atoms with E-state index in [1.54, 1.807) is 17.0 Å². The lowest BCUT2D eigenvalue weighted by Crippen LogP contribution is -3.13. The lowest BCUT2D eigenvalue weighted by atomic mass is 10.1. The highest BCUT2D eigenvalue weighted by Crippen LogP contribution is 2.27. The predicted octanol–water partition coefficient (Wildman–Crippen LogP) is 1.62. The van der Waals surface area contributed by atoms with Gasteiger partial charge in [0.25, 0.3) is 0 Å². The van der Waals surface area contributed by atoms with Crippen molar-refractivity contribution in [3.8, 4) is 0 Å². The van der Waals surface area contributed by atoms with Crippen molar-refractivity contribution in [1.82, 2.24) is 4.90 Å². The highest BCUT2D eigenvalue weighted by atomic mass is 35.5. The van der Waals surface area contributed by atoms with Gasteiger partial charge in [-0.15, -0.1) is 0 Å². The minimum Gasteiger partial charge on any atom is -0.331 e. The molecule has 0 radical (unpaired) electrons. The average molecular weight is 399 g/mol. The van der Waals surface area contributed by atoms with Crippen LogP contribution in [0, 0.1) is 5.92 Å². The number of carbonyl (C=O) groups is 2. The van der Waals surface area contributed by atoms with Crippen LogP contribution in [0.1, 0.15) is 12.0 Å². The molecule has 0 unspecified atom stereocenters. The quantitative estimate of drug-likeness (QED) is 0.850. The molecule has 2 amide bonds. The number of benzene rings is 2. The highest BCUT2D eigenvalue weighted by Gasteiger charge is 2.38. The maximum Gasteiger partial charge on any atom is 0.228 e. The first-order chi connectivity index (χ1) is 13.6. The molecule has 2 saturated heterocycles. The van der Waals surface area contributed by atoms with Crippen molar-refractivity contribution in [2.24, 2.45) is 5.92 Å². The molecule has 0 bridgehead atoms. The summed E-state index contributed by atoms with van der Waals surface area (Å²) in [6.45, 7) is 4.86. The number of hydrogen-bond acceptors (Lipinski definition) is 2. The molecular weight excluding hydrogens is 374 g/mol. The van der Waals surface area contributed by atoms with E-state index < -0.39 is 0 Å². The second-order valence-corrected chi connectivity index (χ2v) is 8.06. The molecule has 4 rings (SSSR count). The van der Waals surface area contributed by atoms with Gasteiger partial charge in [-0.05, 0) is 24.3 Å². The van der Waals surface area contributed by atoms with E-state index in [2.05, 4.69) is 24.3 Å². The molecule has 146 valence electrons. The van der Waals surface area contributed by atoms with Gasteiger partial charge in [0.1, 0.15) is 6.54 Å². The van der Waals surface area contributed by atoms with Gasteiger partial charge in [0.2, 0.25) is 11.8 Å². The summed E-state index contributed by atoms with van der Waals surface area (Å²) < 4.78 is 0. The second kappa shape index (κ2) is 8.33. The Labute approximate surface area is 170 Å². The van der Waals surface area contributed by atoms with Crippen LogP contribution < -0.4 is 9.80 Å². The molecule has 0 aromatic heterocycles. The van der Waals surface area contributed by atoms with E-state index in [0.717, 1.165) is 38.4 Å². The summed E-state index contributed by atoms with van der Waals surface area (Å²) in [5, 5.41) is 0.638. The minimum atomic E-state index is -0.251. The van der Waals surface area contributed by atoms with Crippen molar-refractivity contribution in [2.75, 3.05) is 37.6 Å². The number of piperazine rings is 1. The predicted molar refractivity (Wildman–Crippen MR) is 109 cm³/mol. The van der Waals surface area contributed by atoms with Crippen molar-refractivity contribution >= 4 is 29.1 Å². The molecule has 0 spiro atoms. The van der Waals surface area contributed by atoms with Gasteiger partial charge in [-0.3, -0.25) is 9.59 Å². The summed E-state index contributed by atoms with van der Waals surface area (Å²) >= 11 is 5.93. The normalized spacial score (nSPS) is 20.6. The van der Waals surface area contributed by atoms with E-state index in [-0.39, 0.29) is 17.7 Å². The molecule has 2 aromatic carbocycles. The van der Waals surface area contributed by atoms with Crippen LogP contribution in [-0.4, -0.2) is 49.4 Å². The molecule has 28 heavy (non-hydrogen) atoms. The standard InChI is InChI=1S/C22H24ClN3O2/c23-19-6-8-20(9-7-19)26-16-18(14-21(26)27)22(28)25-12-10-24(11-13-25)15-17-4-2-1-3-5-17/h1-9,18H,10-16H2/p+1/t18-/m0/s1. The Morgan fingerprint density at radius 3 is 2.39 bits per heavy atom. The summed E-state index contributed by atoms with van der Waals surface area (Å²) in [7, 11) is 0. The van der Waals surface area contributed by atoms with Crippen LogP contribution in [-0.2, 0) is 16.1 Å². The minimum absolute atomic E-state index is 0.00834. The van der Waals surface area contributed by atoms with Crippen LogP contribution >= 0.6 is 11.6 Å². The third-order valence-corrected chi connectivity index (χ3v) is 5.94. The van der Waals surface area contributed by atoms with Gasteiger partial charge in [-0.1, -0.05) is 41.9 Å². The fraction of sp³-hybridized carbons (Fsp3) is 0.364. The average Bonchev–Trinajstić information content (AvgIpc) is 3.11. The molecule has 0 saturated carbocycles. The molecular formula is C22H25ClN3O2+. The van der Waals surface area contributed by atoms with Crippen LogP contribution in [0.4, 0.5) is 5.69 Å². The first-order valence-corrected chi connectivity index (χ1v) is 10.2. The second-order valence-electron chi connectivity index (χ2n) is 7.62. The molecule has 5 nitrogen and oxygen atoms in total. The van der Waals surface area contributed by atoms with Gasteiger partial charge in [0, 0.05) is 29.2 Å². The Morgan fingerprint density at radius 1 is 1.04 bits per heavy atom. The molecule has 2 heterocycles. The third kappa shape index (κ3) is 4.21. The number of quaternary nitrogens is 1. The lowest BCUT2D eigenvalue weighted by Gasteiger charge is -2.33. The smallest absolute Gasteiger partial charge is 0.228 e. The van der Waals surface area contributed by atoms with Gasteiger partial charge in [0.15, 0.2) is 0 Å². The number of nitrogens with one attached hydrogen (secondary N) is 1. The molecule has 1 N–H and O–H groups in total. The summed E-state index contributed by atoms with van der Waals surface area (Å²) in [5.41, 5.74) is 2.14. The number of amides is 2. The maximum absolute atomic E-state index is 13.0. The molecule has 1 atom stereocenters. The fourth-order valence-corrected chi connectivity index (χ4v) is 4.23. The number of hydrogen-bond donors (Lipinski definition) is 1. The van der Waals surface area contributed by atoms with E-state index in [1.807, 2.05) is 23.1 Å². The van der Waals surface area contributed by atoms with Crippen molar-refractivity contribution in [2.45, 2.75) is 13.0 Å². The SMILES string of the molecule is O=C([C@H]1CC(=O)N(c2ccc(Cl)cc2)C1)N1CC[NH+](Cc2ccccc2)CC1. The fourth-order valence-electron chi connectivity index (χ4n) is 4.11. The topological polar surface area (TPSA) is 45.1 Å². The zero-order valence-corrected chi connectivity index (χ0v) is 16.6. The summed E-state index contributed by atoms with van der Waals surface area (Å²) in [6, 6.07) is 17.7. The zero-order valence-electron chi connectivity index (χ0n) is 15.8. The summed E-state index contributed by atoms with van der Waals surface area (Å²) in [6.07, 6.45) is 0.290. The zero-order chi connectivity index (χ0) is 19.5. The Kier molecular flexibility index (Phi) is 5.64. The van der Waals surface area contributed by atoms with Crippen molar-refractivity contribution in [1.29, 1.82) is 0 Å². The Morgan fingerprint density at radius 2 is 1.71 bits per heavy atom. The van der Waals surface area contributed by atoms with Crippen molar-refractivity contribution < 1.29 is 14.5 Å². The van der Waals surface area contributed by atoms with Crippen molar-refractivity contribution in [3.05, 3.63) is 65.2 Å². The van der Waals surface area contributed by atoms with Crippen molar-refractivity contribution in [3.63, 3.8) is 0 Å². The monoisotopic (exact) mass is 398 g/mol. The molecule has 2 fully saturated rings. The highest BCUT2D eigenvalue weighted by molar-refractivity contribution is 6.30. The van der Waals surface area contributed by atoms with Gasteiger partial charge < -0.3 is 14.7 Å². The van der Waals surface area contributed by atoms with E-state index in [9.17, 15) is 9.59 Å². The largest absolute Gasteiger partial charge is 0.331 e. The third-order valence-electron chi connectivity index (χ3n) is 5.69. The number of anilines is 1. The van der Waals surface area contributed by atoms with Crippen LogP contribution in [0.2, 0.25) is 5.02 Å². The van der Waals surface area contributed by atoms with E-state index in [1.165, 1.54) is 10.5 Å². The molecule has 6 heteroatoms. The Bertz CT molecular complexity index is 833. The number of nitrogens with zero attached hydrogens (tertiary/aromatic N) is 2. The van der Waals surface area contributed by atoms with Gasteiger partial charge in [0.05, 0.1) is 32.1 Å². The molecule has 2 aliphatic heterocycles. The van der Waals surface area contributed by atoms with Crippen LogP contribution in [0.15, 0.2) is 54.6 Å². The van der Waals surface area contributed by atoms with Crippen LogP contribution in [0.5, 0.6) is 0 Å². The number of carbonyl (C=O) groups excluding carboxylic acids is 2. The molecule has 2 aromatic rings. The van der Waals surface area contributed by atoms with Crippen LogP contribution in [0.3, 0.4) is 0 Å².